The summed E-state index contributed by atoms with van der Waals surface area (Å²) in [4.78, 5) is 1.93. The maximum absolute atomic E-state index is 11.8. The second kappa shape index (κ2) is 5.59. The first kappa shape index (κ1) is 16.8. The van der Waals surface area contributed by atoms with Crippen molar-refractivity contribution < 1.29 is 8.42 Å². The number of rotatable bonds is 1. The minimum absolute atomic E-state index is 0. The lowest BCUT2D eigenvalue weighted by Crippen LogP contribution is -2.38. The van der Waals surface area contributed by atoms with Crippen LogP contribution in [0.5, 0.6) is 0 Å². The number of halogens is 1. The number of thioether (sulfide) groups is 1. The summed E-state index contributed by atoms with van der Waals surface area (Å²) in [5.41, 5.74) is 4.42. The Labute approximate surface area is 140 Å². The van der Waals surface area contributed by atoms with Gasteiger partial charge in [-0.2, -0.15) is 0 Å². The minimum Gasteiger partial charge on any atom is -0.316 e. The third-order valence-corrected chi connectivity index (χ3v) is 7.09. The van der Waals surface area contributed by atoms with Crippen molar-refractivity contribution in [3.63, 3.8) is 0 Å². The smallest absolute Gasteiger partial charge is 0.161 e. The molecule has 4 nitrogen and oxygen atoms in total. The third-order valence-electron chi connectivity index (χ3n) is 3.96. The Kier molecular flexibility index (Phi) is 4.48. The number of fused-ring (bicyclic) bond motifs is 1. The standard InChI is InChI=1S/C14H18N2O2S2.BrH/c1-8-4-9(2)13(10(3)5-8)16-11-6-20(17,18)7-12(11)19-14(16)15;/h4-5,11-12,15H,6-7H2,1-3H3;1H. The highest BCUT2D eigenvalue weighted by Gasteiger charge is 2.49. The molecule has 2 saturated heterocycles. The average molecular weight is 391 g/mol. The van der Waals surface area contributed by atoms with Gasteiger partial charge in [0.1, 0.15) is 0 Å². The molecule has 2 unspecified atom stereocenters. The van der Waals surface area contributed by atoms with Crippen LogP contribution in [-0.4, -0.2) is 36.4 Å². The zero-order valence-corrected chi connectivity index (χ0v) is 15.6. The van der Waals surface area contributed by atoms with Gasteiger partial charge in [0.2, 0.25) is 0 Å². The van der Waals surface area contributed by atoms with E-state index in [1.165, 1.54) is 17.3 Å². The third kappa shape index (κ3) is 2.87. The molecule has 1 aromatic rings. The molecule has 0 bridgehead atoms. The van der Waals surface area contributed by atoms with Crippen LogP contribution in [0, 0.1) is 26.2 Å². The number of aryl methyl sites for hydroxylation is 3. The molecule has 2 fully saturated rings. The number of nitrogens with one attached hydrogen (secondary N) is 1. The number of nitrogens with zero attached hydrogens (tertiary/aromatic N) is 1. The molecule has 2 atom stereocenters. The van der Waals surface area contributed by atoms with E-state index in [2.05, 4.69) is 19.1 Å². The van der Waals surface area contributed by atoms with Crippen LogP contribution >= 0.6 is 28.7 Å². The Bertz CT molecular complexity index is 680. The van der Waals surface area contributed by atoms with Crippen LogP contribution in [0.4, 0.5) is 5.69 Å². The zero-order chi connectivity index (χ0) is 14.7. The van der Waals surface area contributed by atoms with Gasteiger partial charge in [0, 0.05) is 10.9 Å². The van der Waals surface area contributed by atoms with E-state index in [0.29, 0.717) is 5.17 Å². The van der Waals surface area contributed by atoms with Crippen LogP contribution in [0.1, 0.15) is 16.7 Å². The quantitative estimate of drug-likeness (QED) is 0.800. The van der Waals surface area contributed by atoms with Crippen LogP contribution in [0.2, 0.25) is 0 Å². The van der Waals surface area contributed by atoms with Crippen molar-refractivity contribution in [1.29, 1.82) is 5.41 Å². The van der Waals surface area contributed by atoms with E-state index in [1.807, 2.05) is 18.7 Å². The van der Waals surface area contributed by atoms with Gasteiger partial charge in [-0.15, -0.1) is 17.0 Å². The van der Waals surface area contributed by atoms with Crippen molar-refractivity contribution in [2.45, 2.75) is 32.1 Å². The van der Waals surface area contributed by atoms with Gasteiger partial charge >= 0.3 is 0 Å². The number of anilines is 1. The van der Waals surface area contributed by atoms with Crippen molar-refractivity contribution in [3.8, 4) is 0 Å². The van der Waals surface area contributed by atoms with Crippen LogP contribution in [0.3, 0.4) is 0 Å². The minimum atomic E-state index is -2.96. The van der Waals surface area contributed by atoms with Crippen molar-refractivity contribution in [3.05, 3.63) is 28.8 Å². The number of hydrogen-bond donors (Lipinski definition) is 1. The summed E-state index contributed by atoms with van der Waals surface area (Å²) in [7, 11) is -2.96. The molecule has 116 valence electrons. The summed E-state index contributed by atoms with van der Waals surface area (Å²) in [6.45, 7) is 6.12. The fourth-order valence-corrected chi connectivity index (χ4v) is 7.10. The van der Waals surface area contributed by atoms with E-state index >= 15 is 0 Å². The first-order valence-electron chi connectivity index (χ1n) is 6.61. The molecule has 7 heteroatoms. The van der Waals surface area contributed by atoms with Gasteiger partial charge in [-0.25, -0.2) is 8.42 Å². The number of sulfone groups is 1. The van der Waals surface area contributed by atoms with Gasteiger partial charge in [0.25, 0.3) is 0 Å². The Hall–Kier alpha value is -0.530. The van der Waals surface area contributed by atoms with E-state index in [4.69, 9.17) is 5.41 Å². The Balaban J connectivity index is 0.00000161. The second-order valence-corrected chi connectivity index (χ2v) is 9.10. The van der Waals surface area contributed by atoms with E-state index in [9.17, 15) is 8.42 Å². The topological polar surface area (TPSA) is 61.2 Å². The lowest BCUT2D eigenvalue weighted by molar-refractivity contribution is 0.601. The second-order valence-electron chi connectivity index (χ2n) is 5.72. The number of amidine groups is 1. The Morgan fingerprint density at radius 2 is 1.76 bits per heavy atom. The molecule has 2 aliphatic rings. The van der Waals surface area contributed by atoms with Crippen LogP contribution in [0.25, 0.3) is 0 Å². The van der Waals surface area contributed by atoms with Gasteiger partial charge < -0.3 is 4.90 Å². The molecule has 0 amide bonds. The van der Waals surface area contributed by atoms with Gasteiger partial charge in [-0.05, 0) is 31.9 Å². The molecule has 21 heavy (non-hydrogen) atoms. The van der Waals surface area contributed by atoms with Crippen LogP contribution in [-0.2, 0) is 9.84 Å². The van der Waals surface area contributed by atoms with E-state index in [0.717, 1.165) is 16.8 Å². The molecule has 0 radical (unpaired) electrons. The van der Waals surface area contributed by atoms with Crippen LogP contribution in [0.15, 0.2) is 12.1 Å². The van der Waals surface area contributed by atoms with E-state index < -0.39 is 9.84 Å². The highest BCUT2D eigenvalue weighted by atomic mass is 79.9. The van der Waals surface area contributed by atoms with Crippen LogP contribution < -0.4 is 4.90 Å². The Morgan fingerprint density at radius 1 is 1.19 bits per heavy atom. The fourth-order valence-electron chi connectivity index (χ4n) is 3.32. The molecule has 1 aromatic carbocycles. The summed E-state index contributed by atoms with van der Waals surface area (Å²) in [6.07, 6.45) is 0. The van der Waals surface area contributed by atoms with Gasteiger partial charge in [0.05, 0.1) is 17.5 Å². The summed E-state index contributed by atoms with van der Waals surface area (Å²) in [5.74, 6) is 0.366. The summed E-state index contributed by atoms with van der Waals surface area (Å²) in [6, 6.07) is 4.10. The lowest BCUT2D eigenvalue weighted by Gasteiger charge is -2.27. The lowest BCUT2D eigenvalue weighted by atomic mass is 10.0. The normalized spacial score (nSPS) is 26.6. The maximum atomic E-state index is 11.8. The molecule has 2 heterocycles. The molecule has 3 rings (SSSR count). The van der Waals surface area contributed by atoms with Crippen molar-refractivity contribution in [1.82, 2.24) is 0 Å². The molecule has 0 spiro atoms. The first-order chi connectivity index (χ1) is 9.28. The van der Waals surface area contributed by atoms with Crippen molar-refractivity contribution >= 4 is 49.4 Å². The highest BCUT2D eigenvalue weighted by molar-refractivity contribution is 8.93. The first-order valence-corrected chi connectivity index (χ1v) is 9.31. The molecular formula is C14H19BrN2O2S2. The fraction of sp³-hybridized carbons (Fsp3) is 0.500. The van der Waals surface area contributed by atoms with E-state index in [-0.39, 0.29) is 39.8 Å². The molecule has 1 N–H and O–H groups in total. The van der Waals surface area contributed by atoms with Gasteiger partial charge in [-0.1, -0.05) is 29.5 Å². The van der Waals surface area contributed by atoms with Gasteiger partial charge in [0.15, 0.2) is 15.0 Å². The molecular weight excluding hydrogens is 372 g/mol. The molecule has 2 aliphatic heterocycles. The predicted octanol–water partition coefficient (Wildman–Crippen LogP) is 2.84. The largest absolute Gasteiger partial charge is 0.316 e. The summed E-state index contributed by atoms with van der Waals surface area (Å²) >= 11 is 1.39. The molecule has 0 aliphatic carbocycles. The Morgan fingerprint density at radius 3 is 2.33 bits per heavy atom. The predicted molar refractivity (Wildman–Crippen MR) is 95.0 cm³/mol. The monoisotopic (exact) mass is 390 g/mol. The summed E-state index contributed by atoms with van der Waals surface area (Å²) < 4.78 is 23.7. The average Bonchev–Trinajstić information content (AvgIpc) is 2.70. The number of hydrogen-bond acceptors (Lipinski definition) is 4. The number of benzene rings is 1. The maximum Gasteiger partial charge on any atom is 0.161 e. The van der Waals surface area contributed by atoms with Crippen molar-refractivity contribution in [2.24, 2.45) is 0 Å². The van der Waals surface area contributed by atoms with E-state index in [1.54, 1.807) is 0 Å². The van der Waals surface area contributed by atoms with Crippen molar-refractivity contribution in [2.75, 3.05) is 16.4 Å². The SMILES string of the molecule is Br.Cc1cc(C)c(N2C(=N)SC3CS(=O)(=O)CC32)c(C)c1. The molecule has 0 aromatic heterocycles. The van der Waals surface area contributed by atoms with Gasteiger partial charge in [-0.3, -0.25) is 5.41 Å². The molecule has 0 saturated carbocycles. The highest BCUT2D eigenvalue weighted by Crippen LogP contribution is 2.42. The zero-order valence-electron chi connectivity index (χ0n) is 12.2. The summed E-state index contributed by atoms with van der Waals surface area (Å²) in [5, 5.41) is 8.70.